The fourth-order valence-corrected chi connectivity index (χ4v) is 13.9. The van der Waals surface area contributed by atoms with E-state index in [4.69, 9.17) is 13.9 Å². The van der Waals surface area contributed by atoms with Crippen molar-refractivity contribution < 1.29 is 13.9 Å². The van der Waals surface area contributed by atoms with E-state index in [0.717, 1.165) is 5.75 Å². The van der Waals surface area contributed by atoms with E-state index in [1.807, 2.05) is 0 Å². The van der Waals surface area contributed by atoms with Crippen LogP contribution in [0.15, 0.2) is 18.2 Å². The molecule has 0 aromatic heterocycles. The molecule has 26 heavy (non-hydrogen) atoms. The van der Waals surface area contributed by atoms with Crippen LogP contribution in [0, 0.1) is 0 Å². The van der Waals surface area contributed by atoms with Gasteiger partial charge in [0.05, 0.1) is 0 Å². The van der Waals surface area contributed by atoms with E-state index in [-0.39, 0.29) is 0 Å². The second kappa shape index (κ2) is 9.94. The summed E-state index contributed by atoms with van der Waals surface area (Å²) < 4.78 is 19.1. The predicted octanol–water partition coefficient (Wildman–Crippen LogP) is 5.91. The van der Waals surface area contributed by atoms with Gasteiger partial charge in [-0.25, -0.2) is 0 Å². The van der Waals surface area contributed by atoms with Gasteiger partial charge in [-0.3, -0.25) is 0 Å². The van der Waals surface area contributed by atoms with Crippen LogP contribution in [0.5, 0.6) is 5.75 Å². The number of hydrogen-bond acceptors (Lipinski definition) is 3. The number of hydrogen-bond donors (Lipinski definition) is 0. The Hall–Kier alpha value is -0.0444. The van der Waals surface area contributed by atoms with Gasteiger partial charge in [-0.15, -0.1) is 0 Å². The zero-order valence-electron chi connectivity index (χ0n) is 18.6. The van der Waals surface area contributed by atoms with Crippen LogP contribution in [0.3, 0.4) is 0 Å². The summed E-state index contributed by atoms with van der Waals surface area (Å²) in [6.45, 7) is 15.0. The molecule has 0 saturated carbocycles. The average molecular weight is 487 g/mol. The molecule has 0 aliphatic rings. The molecule has 0 heterocycles. The van der Waals surface area contributed by atoms with Crippen LogP contribution in [0.1, 0.15) is 47.1 Å². The maximum absolute atomic E-state index is 6.79. The van der Waals surface area contributed by atoms with Crippen LogP contribution in [-0.4, -0.2) is 40.6 Å². The third-order valence-electron chi connectivity index (χ3n) is 5.38. The SMILES string of the molecule is COCOc1ccc(CO[Si](C(C)C)(C(C)C)C(C)C)c[c]1[Sn]([CH3])([CH3])[CH3]. The zero-order chi connectivity index (χ0) is 20.1. The topological polar surface area (TPSA) is 27.7 Å². The van der Waals surface area contributed by atoms with Crippen molar-refractivity contribution in [2.75, 3.05) is 13.9 Å². The van der Waals surface area contributed by atoms with Crippen LogP contribution in [0.25, 0.3) is 0 Å². The molecule has 0 fully saturated rings. The van der Waals surface area contributed by atoms with Gasteiger partial charge in [0.25, 0.3) is 0 Å². The van der Waals surface area contributed by atoms with Crippen LogP contribution < -0.4 is 8.32 Å². The van der Waals surface area contributed by atoms with Gasteiger partial charge >= 0.3 is 167 Å². The first-order valence-electron chi connectivity index (χ1n) is 9.85. The molecule has 0 unspecified atom stereocenters. The Morgan fingerprint density at radius 1 is 0.923 bits per heavy atom. The van der Waals surface area contributed by atoms with E-state index in [9.17, 15) is 0 Å². The summed E-state index contributed by atoms with van der Waals surface area (Å²) in [5, 5.41) is 0. The number of methoxy groups -OCH3 is 1. The molecule has 0 aliphatic heterocycles. The van der Waals surface area contributed by atoms with Crippen molar-refractivity contribution in [2.45, 2.75) is 79.6 Å². The van der Waals surface area contributed by atoms with Gasteiger partial charge in [0.2, 0.25) is 0 Å². The monoisotopic (exact) mass is 488 g/mol. The molecule has 0 radical (unpaired) electrons. The zero-order valence-corrected chi connectivity index (χ0v) is 22.5. The van der Waals surface area contributed by atoms with Crippen LogP contribution in [0.4, 0.5) is 0 Å². The number of ether oxygens (including phenoxy) is 2. The summed E-state index contributed by atoms with van der Waals surface area (Å²) in [7, 11) is -0.179. The summed E-state index contributed by atoms with van der Waals surface area (Å²) in [4.78, 5) is 7.26. The molecule has 3 nitrogen and oxygen atoms in total. The molecule has 0 amide bonds. The van der Waals surface area contributed by atoms with E-state index in [0.29, 0.717) is 30.0 Å². The minimum absolute atomic E-state index is 0.300. The summed E-state index contributed by atoms with van der Waals surface area (Å²) >= 11 is -2.31. The van der Waals surface area contributed by atoms with Crippen LogP contribution in [-0.2, 0) is 15.8 Å². The average Bonchev–Trinajstić information content (AvgIpc) is 2.52. The van der Waals surface area contributed by atoms with Gasteiger partial charge in [0, 0.05) is 0 Å². The second-order valence-electron chi connectivity index (χ2n) is 9.24. The Bertz CT molecular complexity index is 543. The summed E-state index contributed by atoms with van der Waals surface area (Å²) in [6.07, 6.45) is 0. The molecular formula is C21H40O3SiSn. The fourth-order valence-electron chi connectivity index (χ4n) is 4.21. The molecule has 0 spiro atoms. The summed E-state index contributed by atoms with van der Waals surface area (Å²) in [5.74, 6) is 0.985. The van der Waals surface area contributed by atoms with Crippen molar-refractivity contribution in [3.8, 4) is 5.75 Å². The molecule has 5 heteroatoms. The van der Waals surface area contributed by atoms with Crippen molar-refractivity contribution in [3.05, 3.63) is 23.8 Å². The predicted molar refractivity (Wildman–Crippen MR) is 118 cm³/mol. The molecule has 0 bridgehead atoms. The molecule has 150 valence electrons. The first-order valence-corrected chi connectivity index (χ1v) is 22.0. The Morgan fingerprint density at radius 2 is 1.46 bits per heavy atom. The molecule has 1 rings (SSSR count). The number of rotatable bonds is 10. The van der Waals surface area contributed by atoms with Crippen LogP contribution >= 0.6 is 0 Å². The molecule has 1 aromatic carbocycles. The number of benzene rings is 1. The van der Waals surface area contributed by atoms with E-state index in [1.165, 1.54) is 9.14 Å². The van der Waals surface area contributed by atoms with E-state index in [1.54, 1.807) is 7.11 Å². The van der Waals surface area contributed by atoms with Crippen molar-refractivity contribution in [1.82, 2.24) is 0 Å². The van der Waals surface area contributed by atoms with Crippen molar-refractivity contribution >= 4 is 30.3 Å². The molecule has 0 N–H and O–H groups in total. The first kappa shape index (κ1) is 24.0. The van der Waals surface area contributed by atoms with Gasteiger partial charge in [-0.05, 0) is 0 Å². The normalized spacial score (nSPS) is 13.1. The Labute approximate surface area is 166 Å². The third-order valence-corrected chi connectivity index (χ3v) is 17.2. The first-order chi connectivity index (χ1) is 12.0. The molecule has 1 aromatic rings. The molecule has 0 aliphatic carbocycles. The van der Waals surface area contributed by atoms with E-state index < -0.39 is 26.7 Å². The summed E-state index contributed by atoms with van der Waals surface area (Å²) in [5.41, 5.74) is 3.09. The van der Waals surface area contributed by atoms with Gasteiger partial charge in [-0.2, -0.15) is 0 Å². The summed E-state index contributed by atoms with van der Waals surface area (Å²) in [6, 6.07) is 6.60. The minimum atomic E-state index is -2.31. The van der Waals surface area contributed by atoms with Crippen molar-refractivity contribution in [1.29, 1.82) is 0 Å². The Kier molecular flexibility index (Phi) is 9.17. The van der Waals surface area contributed by atoms with Crippen molar-refractivity contribution in [2.24, 2.45) is 0 Å². The van der Waals surface area contributed by atoms with Crippen molar-refractivity contribution in [3.63, 3.8) is 0 Å². The Morgan fingerprint density at radius 3 is 1.88 bits per heavy atom. The fraction of sp³-hybridized carbons (Fsp3) is 0.714. The van der Waals surface area contributed by atoms with Gasteiger partial charge in [0.1, 0.15) is 0 Å². The molecule has 0 saturated heterocycles. The van der Waals surface area contributed by atoms with E-state index in [2.05, 4.69) is 74.6 Å². The quantitative estimate of drug-likeness (QED) is 0.304. The Balaban J connectivity index is 3.13. The standard InChI is InChI=1S/C18H31O3Si.3CH3.Sn/c1-14(2)22(15(3)4,16(5)6)21-12-17-8-10-18(11-9-17)20-13-19-7;;;;/h8-10,14-16H,12-13H2,1-7H3;3*1H3;. The molecular weight excluding hydrogens is 447 g/mol. The third kappa shape index (κ3) is 5.73. The molecule has 0 atom stereocenters. The van der Waals surface area contributed by atoms with Gasteiger partial charge < -0.3 is 0 Å². The second-order valence-corrected chi connectivity index (χ2v) is 29.1. The van der Waals surface area contributed by atoms with E-state index >= 15 is 0 Å². The van der Waals surface area contributed by atoms with Gasteiger partial charge in [-0.1, -0.05) is 0 Å². The maximum atomic E-state index is 6.79. The van der Waals surface area contributed by atoms with Gasteiger partial charge in [0.15, 0.2) is 0 Å². The van der Waals surface area contributed by atoms with Crippen LogP contribution in [0.2, 0.25) is 31.4 Å².